The van der Waals surface area contributed by atoms with E-state index in [1.54, 1.807) is 0 Å². The molecule has 2 nitrogen and oxygen atoms in total. The fourth-order valence-corrected chi connectivity index (χ4v) is 2.57. The van der Waals surface area contributed by atoms with Crippen LogP contribution in [0.25, 0.3) is 0 Å². The second kappa shape index (κ2) is 7.28. The van der Waals surface area contributed by atoms with Gasteiger partial charge in [-0.2, -0.15) is 0 Å². The highest BCUT2D eigenvalue weighted by molar-refractivity contribution is 5.48. The summed E-state index contributed by atoms with van der Waals surface area (Å²) in [5, 5.41) is 0. The number of hydrogen-bond donors (Lipinski definition) is 1. The molecule has 0 aliphatic heterocycles. The first-order valence-electron chi connectivity index (χ1n) is 7.74. The van der Waals surface area contributed by atoms with Crippen molar-refractivity contribution in [2.75, 3.05) is 18.0 Å². The Morgan fingerprint density at radius 1 is 1.00 bits per heavy atom. The average molecular weight is 282 g/mol. The van der Waals surface area contributed by atoms with Gasteiger partial charge in [0.2, 0.25) is 0 Å². The Morgan fingerprint density at radius 2 is 1.71 bits per heavy atom. The smallest absolute Gasteiger partial charge is 0.0368 e. The molecule has 2 N–H and O–H groups in total. The average Bonchev–Trinajstić information content (AvgIpc) is 2.48. The van der Waals surface area contributed by atoms with Crippen LogP contribution in [-0.2, 0) is 0 Å². The van der Waals surface area contributed by atoms with Gasteiger partial charge in [-0.3, -0.25) is 0 Å². The third-order valence-electron chi connectivity index (χ3n) is 3.96. The molecular weight excluding hydrogens is 256 g/mol. The molecule has 0 aliphatic rings. The van der Waals surface area contributed by atoms with E-state index in [4.69, 9.17) is 5.73 Å². The van der Waals surface area contributed by atoms with Gasteiger partial charge in [0.05, 0.1) is 0 Å². The topological polar surface area (TPSA) is 29.3 Å². The lowest BCUT2D eigenvalue weighted by Crippen LogP contribution is -2.27. The fourth-order valence-electron chi connectivity index (χ4n) is 2.57. The zero-order chi connectivity index (χ0) is 15.2. The van der Waals surface area contributed by atoms with E-state index in [0.717, 1.165) is 19.5 Å². The van der Waals surface area contributed by atoms with Crippen molar-refractivity contribution in [3.63, 3.8) is 0 Å². The molecule has 1 atom stereocenters. The Morgan fingerprint density at radius 3 is 2.33 bits per heavy atom. The molecule has 2 heteroatoms. The third-order valence-corrected chi connectivity index (χ3v) is 3.96. The van der Waals surface area contributed by atoms with Gasteiger partial charge >= 0.3 is 0 Å². The standard InChI is InChI=1S/C19H26N2/c1-4-21(18-7-5-6-16(3)14-18)13-12-19(20)17-10-8-15(2)9-11-17/h5-11,14,19H,4,12-13,20H2,1-3H3. The number of nitrogens with zero attached hydrogens (tertiary/aromatic N) is 1. The van der Waals surface area contributed by atoms with Crippen molar-refractivity contribution in [1.82, 2.24) is 0 Å². The molecule has 0 saturated heterocycles. The molecule has 0 bridgehead atoms. The molecule has 0 heterocycles. The molecule has 0 aromatic heterocycles. The van der Waals surface area contributed by atoms with Gasteiger partial charge in [-0.15, -0.1) is 0 Å². The summed E-state index contributed by atoms with van der Waals surface area (Å²) >= 11 is 0. The van der Waals surface area contributed by atoms with E-state index in [-0.39, 0.29) is 6.04 Å². The minimum atomic E-state index is 0.101. The van der Waals surface area contributed by atoms with E-state index in [1.165, 1.54) is 22.4 Å². The summed E-state index contributed by atoms with van der Waals surface area (Å²) in [4.78, 5) is 2.39. The molecule has 2 aromatic carbocycles. The van der Waals surface area contributed by atoms with Gasteiger partial charge in [0.15, 0.2) is 0 Å². The normalized spacial score (nSPS) is 12.2. The maximum atomic E-state index is 6.33. The van der Waals surface area contributed by atoms with Crippen molar-refractivity contribution in [3.8, 4) is 0 Å². The van der Waals surface area contributed by atoms with Gasteiger partial charge in [0.25, 0.3) is 0 Å². The van der Waals surface area contributed by atoms with Crippen molar-refractivity contribution >= 4 is 5.69 Å². The number of rotatable bonds is 6. The van der Waals surface area contributed by atoms with E-state index < -0.39 is 0 Å². The van der Waals surface area contributed by atoms with Crippen molar-refractivity contribution in [3.05, 3.63) is 65.2 Å². The summed E-state index contributed by atoms with van der Waals surface area (Å²) in [5.74, 6) is 0. The molecule has 0 radical (unpaired) electrons. The van der Waals surface area contributed by atoms with Crippen LogP contribution in [0.3, 0.4) is 0 Å². The molecule has 112 valence electrons. The molecule has 0 fully saturated rings. The summed E-state index contributed by atoms with van der Waals surface area (Å²) in [6, 6.07) is 17.3. The number of aryl methyl sites for hydroxylation is 2. The Kier molecular flexibility index (Phi) is 5.40. The lowest BCUT2D eigenvalue weighted by molar-refractivity contribution is 0.632. The largest absolute Gasteiger partial charge is 0.372 e. The van der Waals surface area contributed by atoms with Gasteiger partial charge in [-0.1, -0.05) is 42.0 Å². The van der Waals surface area contributed by atoms with E-state index >= 15 is 0 Å². The molecule has 21 heavy (non-hydrogen) atoms. The summed E-state index contributed by atoms with van der Waals surface area (Å²) in [7, 11) is 0. The predicted molar refractivity (Wildman–Crippen MR) is 91.8 cm³/mol. The van der Waals surface area contributed by atoms with Crippen molar-refractivity contribution in [2.45, 2.75) is 33.2 Å². The zero-order valence-electron chi connectivity index (χ0n) is 13.3. The summed E-state index contributed by atoms with van der Waals surface area (Å²) < 4.78 is 0. The van der Waals surface area contributed by atoms with Crippen LogP contribution in [0.15, 0.2) is 48.5 Å². The molecule has 0 spiro atoms. The van der Waals surface area contributed by atoms with E-state index in [2.05, 4.69) is 74.2 Å². The van der Waals surface area contributed by atoms with Crippen molar-refractivity contribution in [2.24, 2.45) is 5.73 Å². The number of nitrogens with two attached hydrogens (primary N) is 1. The van der Waals surface area contributed by atoms with Crippen LogP contribution < -0.4 is 10.6 Å². The van der Waals surface area contributed by atoms with Crippen molar-refractivity contribution in [1.29, 1.82) is 0 Å². The first-order valence-corrected chi connectivity index (χ1v) is 7.74. The van der Waals surface area contributed by atoms with Crippen LogP contribution >= 0.6 is 0 Å². The number of hydrogen-bond acceptors (Lipinski definition) is 2. The quantitative estimate of drug-likeness (QED) is 0.859. The van der Waals surface area contributed by atoms with Gasteiger partial charge in [-0.25, -0.2) is 0 Å². The number of benzene rings is 2. The van der Waals surface area contributed by atoms with Crippen LogP contribution in [0.2, 0.25) is 0 Å². The second-order valence-corrected chi connectivity index (χ2v) is 5.72. The first-order chi connectivity index (χ1) is 10.1. The Labute approximate surface area is 128 Å². The lowest BCUT2D eigenvalue weighted by Gasteiger charge is -2.25. The zero-order valence-corrected chi connectivity index (χ0v) is 13.3. The summed E-state index contributed by atoms with van der Waals surface area (Å²) in [6.07, 6.45) is 0.963. The Balaban J connectivity index is 1.98. The lowest BCUT2D eigenvalue weighted by atomic mass is 10.0. The van der Waals surface area contributed by atoms with Gasteiger partial charge in [0.1, 0.15) is 0 Å². The minimum absolute atomic E-state index is 0.101. The van der Waals surface area contributed by atoms with Crippen LogP contribution in [0.4, 0.5) is 5.69 Å². The molecule has 0 aliphatic carbocycles. The number of anilines is 1. The Hall–Kier alpha value is -1.80. The van der Waals surface area contributed by atoms with E-state index in [1.807, 2.05) is 0 Å². The SMILES string of the molecule is CCN(CCC(N)c1ccc(C)cc1)c1cccc(C)c1. The predicted octanol–water partition coefficient (Wildman–Crippen LogP) is 4.22. The summed E-state index contributed by atoms with van der Waals surface area (Å²) in [5.41, 5.74) is 11.4. The van der Waals surface area contributed by atoms with Gasteiger partial charge in [0, 0.05) is 24.8 Å². The molecule has 0 saturated carbocycles. The maximum absolute atomic E-state index is 6.33. The highest BCUT2D eigenvalue weighted by Crippen LogP contribution is 2.19. The fraction of sp³-hybridized carbons (Fsp3) is 0.368. The third kappa shape index (κ3) is 4.33. The molecule has 0 amide bonds. The highest BCUT2D eigenvalue weighted by atomic mass is 15.1. The van der Waals surface area contributed by atoms with Crippen LogP contribution in [0, 0.1) is 13.8 Å². The van der Waals surface area contributed by atoms with Crippen LogP contribution in [0.5, 0.6) is 0 Å². The van der Waals surface area contributed by atoms with Gasteiger partial charge in [-0.05, 0) is 50.5 Å². The molecular formula is C19H26N2. The maximum Gasteiger partial charge on any atom is 0.0368 e. The highest BCUT2D eigenvalue weighted by Gasteiger charge is 2.09. The molecule has 2 rings (SSSR count). The first kappa shape index (κ1) is 15.6. The van der Waals surface area contributed by atoms with Crippen LogP contribution in [0.1, 0.15) is 36.1 Å². The Bertz CT molecular complexity index is 560. The molecule has 2 aromatic rings. The molecule has 1 unspecified atom stereocenters. The van der Waals surface area contributed by atoms with Crippen molar-refractivity contribution < 1.29 is 0 Å². The summed E-state index contributed by atoms with van der Waals surface area (Å²) in [6.45, 7) is 8.42. The second-order valence-electron chi connectivity index (χ2n) is 5.72. The van der Waals surface area contributed by atoms with E-state index in [9.17, 15) is 0 Å². The van der Waals surface area contributed by atoms with E-state index in [0.29, 0.717) is 0 Å². The minimum Gasteiger partial charge on any atom is -0.372 e. The monoisotopic (exact) mass is 282 g/mol. The van der Waals surface area contributed by atoms with Crippen LogP contribution in [-0.4, -0.2) is 13.1 Å². The van der Waals surface area contributed by atoms with Gasteiger partial charge < -0.3 is 10.6 Å².